The molecular weight excluding hydrogens is 449 g/mol. The Bertz CT molecular complexity index is 900. The summed E-state index contributed by atoms with van der Waals surface area (Å²) in [7, 11) is -3.69. The predicted molar refractivity (Wildman–Crippen MR) is 135 cm³/mol. The molecule has 31 heavy (non-hydrogen) atoms. The van der Waals surface area contributed by atoms with Gasteiger partial charge in [-0.2, -0.15) is 0 Å². The summed E-state index contributed by atoms with van der Waals surface area (Å²) in [4.78, 5) is 0.0487. The van der Waals surface area contributed by atoms with Crippen molar-refractivity contribution in [3.8, 4) is 0 Å². The first-order valence-electron chi connectivity index (χ1n) is 11.8. The van der Waals surface area contributed by atoms with E-state index in [1.54, 1.807) is 6.07 Å². The zero-order valence-electron chi connectivity index (χ0n) is 18.8. The van der Waals surface area contributed by atoms with Crippen LogP contribution in [0.4, 0.5) is 0 Å². The Morgan fingerprint density at radius 2 is 1.23 bits per heavy atom. The van der Waals surface area contributed by atoms with Crippen LogP contribution in [0.15, 0.2) is 35.2 Å². The molecule has 3 nitrogen and oxygen atoms in total. The molecule has 0 unspecified atom stereocenters. The zero-order valence-corrected chi connectivity index (χ0v) is 21.1. The Labute approximate surface area is 199 Å². The Morgan fingerprint density at radius 3 is 1.77 bits per heavy atom. The Hall–Kier alpha value is -0.810. The second kappa shape index (κ2) is 14.4. The number of halogens is 2. The third kappa shape index (κ3) is 8.92. The van der Waals surface area contributed by atoms with Gasteiger partial charge >= 0.3 is 0 Å². The molecule has 2 rings (SSSR count). The molecule has 0 aliphatic heterocycles. The van der Waals surface area contributed by atoms with E-state index in [4.69, 9.17) is 23.2 Å². The van der Waals surface area contributed by atoms with Crippen LogP contribution in [0.3, 0.4) is 0 Å². The van der Waals surface area contributed by atoms with Crippen molar-refractivity contribution in [2.45, 2.75) is 95.3 Å². The van der Waals surface area contributed by atoms with E-state index in [0.29, 0.717) is 17.0 Å². The van der Waals surface area contributed by atoms with Gasteiger partial charge in [0.05, 0.1) is 5.02 Å². The molecule has 1 N–H and O–H groups in total. The minimum Gasteiger partial charge on any atom is -0.211 e. The van der Waals surface area contributed by atoms with Crippen molar-refractivity contribution < 1.29 is 8.42 Å². The van der Waals surface area contributed by atoms with Gasteiger partial charge in [0.25, 0.3) is 0 Å². The average molecular weight is 487 g/mol. The summed E-state index contributed by atoms with van der Waals surface area (Å²) in [5.41, 5.74) is 0. The summed E-state index contributed by atoms with van der Waals surface area (Å²) in [6, 6.07) is 8.74. The highest BCUT2D eigenvalue weighted by molar-refractivity contribution is 7.89. The SMILES string of the molecule is CCCCCCCCCCCCCCCNS(=O)(=O)c1cc(Cl)c2ccccc2c1Cl. The lowest BCUT2D eigenvalue weighted by Crippen LogP contribution is -2.25. The molecule has 0 fully saturated rings. The normalized spacial score (nSPS) is 12.0. The molecule has 174 valence electrons. The highest BCUT2D eigenvalue weighted by Crippen LogP contribution is 2.35. The van der Waals surface area contributed by atoms with E-state index >= 15 is 0 Å². The van der Waals surface area contributed by atoms with Gasteiger partial charge < -0.3 is 0 Å². The number of unbranched alkanes of at least 4 members (excludes halogenated alkanes) is 12. The second-order valence-corrected chi connectivity index (χ2v) is 10.9. The highest BCUT2D eigenvalue weighted by atomic mass is 35.5. The van der Waals surface area contributed by atoms with Crippen LogP contribution in [0, 0.1) is 0 Å². The van der Waals surface area contributed by atoms with Gasteiger partial charge in [-0.05, 0) is 12.5 Å². The monoisotopic (exact) mass is 485 g/mol. The minimum absolute atomic E-state index is 0.0487. The summed E-state index contributed by atoms with van der Waals surface area (Å²) in [5.74, 6) is 0. The Morgan fingerprint density at radius 1 is 0.742 bits per heavy atom. The van der Waals surface area contributed by atoms with E-state index in [1.807, 2.05) is 18.2 Å². The largest absolute Gasteiger partial charge is 0.242 e. The summed E-state index contributed by atoms with van der Waals surface area (Å²) in [6.07, 6.45) is 16.4. The molecule has 0 aliphatic carbocycles. The minimum atomic E-state index is -3.69. The number of rotatable bonds is 16. The van der Waals surface area contributed by atoms with Crippen molar-refractivity contribution in [2.24, 2.45) is 0 Å². The first-order valence-corrected chi connectivity index (χ1v) is 14.1. The topological polar surface area (TPSA) is 46.2 Å². The molecule has 0 saturated carbocycles. The lowest BCUT2D eigenvalue weighted by molar-refractivity contribution is 0.536. The molecule has 2 aromatic rings. The summed E-state index contributed by atoms with van der Waals surface area (Å²) >= 11 is 12.7. The molecule has 6 heteroatoms. The van der Waals surface area contributed by atoms with Crippen molar-refractivity contribution >= 4 is 44.0 Å². The van der Waals surface area contributed by atoms with Crippen molar-refractivity contribution in [2.75, 3.05) is 6.54 Å². The van der Waals surface area contributed by atoms with Crippen LogP contribution in [0.1, 0.15) is 90.4 Å². The van der Waals surface area contributed by atoms with Gasteiger partial charge in [-0.3, -0.25) is 0 Å². The molecule has 0 bridgehead atoms. The van der Waals surface area contributed by atoms with Crippen molar-refractivity contribution in [3.05, 3.63) is 40.4 Å². The van der Waals surface area contributed by atoms with Crippen LogP contribution in [0.5, 0.6) is 0 Å². The van der Waals surface area contributed by atoms with Crippen molar-refractivity contribution in [1.82, 2.24) is 4.72 Å². The molecule has 0 aliphatic rings. The standard InChI is InChI=1S/C25H37Cl2NO2S/c1-2-3-4-5-6-7-8-9-10-11-12-13-16-19-28-31(29,30)24-20-23(26)21-17-14-15-18-22(21)25(24)27/h14-15,17-18,20,28H,2-13,16,19H2,1H3. The van der Waals surface area contributed by atoms with Gasteiger partial charge in [0.1, 0.15) is 4.90 Å². The van der Waals surface area contributed by atoms with Crippen LogP contribution >= 0.6 is 23.2 Å². The van der Waals surface area contributed by atoms with Crippen molar-refractivity contribution in [3.63, 3.8) is 0 Å². The molecule has 0 saturated heterocycles. The molecular formula is C25H37Cl2NO2S. The van der Waals surface area contributed by atoms with E-state index in [-0.39, 0.29) is 9.92 Å². The van der Waals surface area contributed by atoms with E-state index in [0.717, 1.165) is 24.6 Å². The van der Waals surface area contributed by atoms with Gasteiger partial charge in [-0.1, -0.05) is 131 Å². The fourth-order valence-corrected chi connectivity index (χ4v) is 5.94. The fraction of sp³-hybridized carbons (Fsp3) is 0.600. The zero-order chi connectivity index (χ0) is 22.5. The number of hydrogen-bond acceptors (Lipinski definition) is 2. The van der Waals surface area contributed by atoms with E-state index in [9.17, 15) is 8.42 Å². The van der Waals surface area contributed by atoms with Crippen LogP contribution < -0.4 is 4.72 Å². The van der Waals surface area contributed by atoms with Crippen molar-refractivity contribution in [1.29, 1.82) is 0 Å². The Kier molecular flexibility index (Phi) is 12.2. The van der Waals surface area contributed by atoms with Crippen LogP contribution in [0.2, 0.25) is 10.0 Å². The summed E-state index contributed by atoms with van der Waals surface area (Å²) in [5, 5.41) is 2.02. The van der Waals surface area contributed by atoms with Crippen LogP contribution in [0.25, 0.3) is 10.8 Å². The molecule has 0 spiro atoms. The lowest BCUT2D eigenvalue weighted by Gasteiger charge is -2.11. The average Bonchev–Trinajstić information content (AvgIpc) is 2.76. The molecule has 0 heterocycles. The maximum Gasteiger partial charge on any atom is 0.242 e. The first-order chi connectivity index (χ1) is 15.0. The smallest absolute Gasteiger partial charge is 0.211 e. The van der Waals surface area contributed by atoms with Crippen LogP contribution in [-0.4, -0.2) is 15.0 Å². The molecule has 0 atom stereocenters. The third-order valence-electron chi connectivity index (χ3n) is 5.76. The number of benzene rings is 2. The quantitative estimate of drug-likeness (QED) is 0.242. The van der Waals surface area contributed by atoms with Gasteiger partial charge in [0, 0.05) is 22.3 Å². The van der Waals surface area contributed by atoms with Crippen LogP contribution in [-0.2, 0) is 10.0 Å². The molecule has 0 aromatic heterocycles. The van der Waals surface area contributed by atoms with Gasteiger partial charge in [-0.25, -0.2) is 13.1 Å². The first kappa shape index (κ1) is 26.4. The summed E-state index contributed by atoms with van der Waals surface area (Å²) in [6.45, 7) is 2.67. The Balaban J connectivity index is 1.62. The number of fused-ring (bicyclic) bond motifs is 1. The van der Waals surface area contributed by atoms with Gasteiger partial charge in [0.2, 0.25) is 10.0 Å². The third-order valence-corrected chi connectivity index (χ3v) is 8.07. The number of sulfonamides is 1. The maximum absolute atomic E-state index is 12.7. The van der Waals surface area contributed by atoms with E-state index in [1.165, 1.54) is 70.3 Å². The van der Waals surface area contributed by atoms with Gasteiger partial charge in [-0.15, -0.1) is 0 Å². The van der Waals surface area contributed by atoms with Gasteiger partial charge in [0.15, 0.2) is 0 Å². The molecule has 0 amide bonds. The maximum atomic E-state index is 12.7. The molecule has 0 radical (unpaired) electrons. The highest BCUT2D eigenvalue weighted by Gasteiger charge is 2.20. The summed E-state index contributed by atoms with van der Waals surface area (Å²) < 4.78 is 28.1. The van der Waals surface area contributed by atoms with E-state index < -0.39 is 10.0 Å². The van der Waals surface area contributed by atoms with E-state index in [2.05, 4.69) is 11.6 Å². The number of hydrogen-bond donors (Lipinski definition) is 1. The number of nitrogens with one attached hydrogen (secondary N) is 1. The lowest BCUT2D eigenvalue weighted by atomic mass is 10.0. The fourth-order valence-electron chi connectivity index (χ4n) is 3.89. The predicted octanol–water partition coefficient (Wildman–Crippen LogP) is 8.52. The second-order valence-electron chi connectivity index (χ2n) is 8.36. The molecule has 2 aromatic carbocycles.